The highest BCUT2D eigenvalue weighted by Gasteiger charge is 2.46. The van der Waals surface area contributed by atoms with Crippen molar-refractivity contribution in [3.63, 3.8) is 0 Å². The van der Waals surface area contributed by atoms with Crippen LogP contribution < -0.4 is 4.74 Å². The van der Waals surface area contributed by atoms with Crippen molar-refractivity contribution in [2.75, 3.05) is 7.11 Å². The van der Waals surface area contributed by atoms with Gasteiger partial charge in [-0.1, -0.05) is 74.9 Å². The summed E-state index contributed by atoms with van der Waals surface area (Å²) < 4.78 is 5.25. The van der Waals surface area contributed by atoms with Crippen LogP contribution in [0.15, 0.2) is 72.3 Å². The van der Waals surface area contributed by atoms with Crippen molar-refractivity contribution in [1.29, 1.82) is 0 Å². The maximum absolute atomic E-state index is 13.5. The Labute approximate surface area is 213 Å². The van der Waals surface area contributed by atoms with Crippen molar-refractivity contribution in [3.8, 4) is 5.75 Å². The Kier molecular flexibility index (Phi) is 6.77. The number of carbonyl (C=O) groups excluding carboxylic acids is 2. The van der Waals surface area contributed by atoms with Gasteiger partial charge in [0.05, 0.1) is 18.7 Å². The molecule has 1 amide bonds. The molecule has 3 aromatic rings. The van der Waals surface area contributed by atoms with E-state index >= 15 is 0 Å². The molecule has 0 bridgehead atoms. The summed E-state index contributed by atoms with van der Waals surface area (Å²) in [5.41, 5.74) is 5.08. The van der Waals surface area contributed by atoms with Crippen molar-refractivity contribution in [2.24, 2.45) is 0 Å². The molecule has 0 aliphatic carbocycles. The molecule has 5 nitrogen and oxygen atoms in total. The van der Waals surface area contributed by atoms with Gasteiger partial charge in [-0.25, -0.2) is 0 Å². The number of aliphatic hydroxyl groups excluding tert-OH is 1. The largest absolute Gasteiger partial charge is 0.507 e. The lowest BCUT2D eigenvalue weighted by Crippen LogP contribution is -2.29. The van der Waals surface area contributed by atoms with Crippen LogP contribution in [0.3, 0.4) is 0 Å². The molecular weight excluding hydrogens is 450 g/mol. The average Bonchev–Trinajstić information content (AvgIpc) is 3.08. The Balaban J connectivity index is 1.88. The third-order valence-electron chi connectivity index (χ3n) is 6.77. The van der Waals surface area contributed by atoms with Gasteiger partial charge in [0.15, 0.2) is 0 Å². The molecule has 1 aliphatic heterocycles. The predicted molar refractivity (Wildman–Crippen MR) is 142 cm³/mol. The van der Waals surface area contributed by atoms with Crippen LogP contribution in [-0.2, 0) is 21.5 Å². The number of likely N-dealkylation sites (tertiary alicyclic amines) is 1. The van der Waals surface area contributed by atoms with Crippen LogP contribution in [0.4, 0.5) is 0 Å². The third-order valence-corrected chi connectivity index (χ3v) is 6.77. The molecule has 0 aromatic heterocycles. The van der Waals surface area contributed by atoms with Crippen molar-refractivity contribution >= 4 is 17.4 Å². The Morgan fingerprint density at radius 2 is 1.67 bits per heavy atom. The van der Waals surface area contributed by atoms with Crippen molar-refractivity contribution < 1.29 is 19.4 Å². The first-order chi connectivity index (χ1) is 17.0. The van der Waals surface area contributed by atoms with Crippen LogP contribution in [0.25, 0.3) is 5.76 Å². The Morgan fingerprint density at radius 3 is 2.28 bits per heavy atom. The summed E-state index contributed by atoms with van der Waals surface area (Å²) in [6.07, 6.45) is 0. The molecule has 5 heteroatoms. The smallest absolute Gasteiger partial charge is 0.295 e. The molecule has 0 spiro atoms. The number of ketones is 1. The van der Waals surface area contributed by atoms with Crippen LogP contribution in [0, 0.1) is 13.8 Å². The number of Topliss-reactive ketones (excluding diaryl/α,β-unsaturated/α-hetero) is 1. The molecule has 1 fully saturated rings. The second kappa shape index (κ2) is 9.65. The molecular formula is C31H33NO4. The number of nitrogens with zero attached hydrogens (tertiary/aromatic N) is 1. The number of aliphatic hydroxyl groups is 1. The molecule has 1 heterocycles. The fraction of sp³-hybridized carbons (Fsp3) is 0.290. The quantitative estimate of drug-likeness (QED) is 0.265. The number of benzene rings is 3. The molecule has 1 N–H and O–H groups in total. The van der Waals surface area contributed by atoms with E-state index in [0.717, 1.165) is 27.8 Å². The number of rotatable bonds is 5. The number of amides is 1. The van der Waals surface area contributed by atoms with Crippen LogP contribution in [0.1, 0.15) is 60.2 Å². The minimum atomic E-state index is -0.704. The Bertz CT molecular complexity index is 1350. The lowest BCUT2D eigenvalue weighted by molar-refractivity contribution is -0.140. The van der Waals surface area contributed by atoms with Crippen molar-refractivity contribution in [3.05, 3.63) is 106 Å². The highest BCUT2D eigenvalue weighted by Crippen LogP contribution is 2.41. The zero-order chi connectivity index (χ0) is 26.2. The van der Waals surface area contributed by atoms with Gasteiger partial charge >= 0.3 is 0 Å². The van der Waals surface area contributed by atoms with Gasteiger partial charge in [-0.15, -0.1) is 0 Å². The summed E-state index contributed by atoms with van der Waals surface area (Å²) >= 11 is 0. The zero-order valence-electron chi connectivity index (χ0n) is 21.8. The van der Waals surface area contributed by atoms with Crippen LogP contribution in [0.2, 0.25) is 0 Å². The summed E-state index contributed by atoms with van der Waals surface area (Å²) in [4.78, 5) is 28.4. The topological polar surface area (TPSA) is 66.8 Å². The van der Waals surface area contributed by atoms with Gasteiger partial charge in [0, 0.05) is 12.1 Å². The Hall–Kier alpha value is -3.86. The molecule has 1 saturated heterocycles. The molecule has 1 atom stereocenters. The highest BCUT2D eigenvalue weighted by molar-refractivity contribution is 6.46. The molecule has 186 valence electrons. The SMILES string of the molecule is COc1ccc(CN2C(=O)C(=O)/C(=C(/O)c3cc(C(C)(C)C)ccc3C)C2c2cccc(C)c2)cc1. The zero-order valence-corrected chi connectivity index (χ0v) is 21.8. The van der Waals surface area contributed by atoms with E-state index in [1.165, 1.54) is 0 Å². The van der Waals surface area contributed by atoms with E-state index in [4.69, 9.17) is 4.74 Å². The molecule has 36 heavy (non-hydrogen) atoms. The van der Waals surface area contributed by atoms with Gasteiger partial charge in [-0.2, -0.15) is 0 Å². The maximum atomic E-state index is 13.5. The number of ether oxygens (including phenoxy) is 1. The number of hydrogen-bond acceptors (Lipinski definition) is 4. The first kappa shape index (κ1) is 25.2. The summed E-state index contributed by atoms with van der Waals surface area (Å²) in [5, 5.41) is 11.6. The average molecular weight is 484 g/mol. The second-order valence-electron chi connectivity index (χ2n) is 10.5. The van der Waals surface area contributed by atoms with E-state index in [-0.39, 0.29) is 23.3 Å². The molecule has 1 aliphatic rings. The highest BCUT2D eigenvalue weighted by atomic mass is 16.5. The van der Waals surface area contributed by atoms with Crippen molar-refractivity contribution in [1.82, 2.24) is 4.90 Å². The van der Waals surface area contributed by atoms with E-state index in [9.17, 15) is 14.7 Å². The van der Waals surface area contributed by atoms with Gasteiger partial charge in [0.2, 0.25) is 0 Å². The number of hydrogen-bond donors (Lipinski definition) is 1. The fourth-order valence-electron chi connectivity index (χ4n) is 4.65. The van der Waals surface area contributed by atoms with Gasteiger partial charge in [0.1, 0.15) is 11.5 Å². The monoisotopic (exact) mass is 483 g/mol. The van der Waals surface area contributed by atoms with Gasteiger partial charge in [0.25, 0.3) is 11.7 Å². The number of methoxy groups -OCH3 is 1. The minimum absolute atomic E-state index is 0.119. The standard InChI is InChI=1S/C31H33NO4/c1-19-8-7-9-22(16-19)27-26(28(33)25-17-23(31(3,4)5)13-10-20(25)2)29(34)30(35)32(27)18-21-11-14-24(36-6)15-12-21/h7-17,27,33H,18H2,1-6H3/b28-26+. The van der Waals surface area contributed by atoms with Crippen LogP contribution >= 0.6 is 0 Å². The third kappa shape index (κ3) is 4.78. The van der Waals surface area contributed by atoms with Crippen molar-refractivity contribution in [2.45, 2.75) is 52.6 Å². The first-order valence-corrected chi connectivity index (χ1v) is 12.1. The lowest BCUT2D eigenvalue weighted by Gasteiger charge is -2.26. The summed E-state index contributed by atoms with van der Waals surface area (Å²) in [7, 11) is 1.60. The van der Waals surface area contributed by atoms with E-state index in [0.29, 0.717) is 11.3 Å². The van der Waals surface area contributed by atoms with E-state index in [2.05, 4.69) is 20.8 Å². The maximum Gasteiger partial charge on any atom is 0.295 e. The second-order valence-corrected chi connectivity index (χ2v) is 10.5. The number of carbonyl (C=O) groups is 2. The van der Waals surface area contributed by atoms with E-state index < -0.39 is 17.7 Å². The molecule has 4 rings (SSSR count). The summed E-state index contributed by atoms with van der Waals surface area (Å²) in [6.45, 7) is 10.4. The van der Waals surface area contributed by atoms with E-state index in [1.54, 1.807) is 12.0 Å². The predicted octanol–water partition coefficient (Wildman–Crippen LogP) is 6.23. The normalized spacial score (nSPS) is 17.5. The van der Waals surface area contributed by atoms with Gasteiger partial charge < -0.3 is 14.7 Å². The minimum Gasteiger partial charge on any atom is -0.507 e. The number of aryl methyl sites for hydroxylation is 2. The fourth-order valence-corrected chi connectivity index (χ4v) is 4.65. The first-order valence-electron chi connectivity index (χ1n) is 12.1. The molecule has 0 radical (unpaired) electrons. The van der Waals surface area contributed by atoms with Gasteiger partial charge in [-0.05, 0) is 59.7 Å². The molecule has 0 saturated carbocycles. The summed E-state index contributed by atoms with van der Waals surface area (Å²) in [5.74, 6) is -0.720. The van der Waals surface area contributed by atoms with Crippen LogP contribution in [-0.4, -0.2) is 28.8 Å². The Morgan fingerprint density at radius 1 is 0.972 bits per heavy atom. The lowest BCUT2D eigenvalue weighted by atomic mass is 9.84. The van der Waals surface area contributed by atoms with Crippen LogP contribution in [0.5, 0.6) is 5.75 Å². The van der Waals surface area contributed by atoms with E-state index in [1.807, 2.05) is 80.6 Å². The molecule has 1 unspecified atom stereocenters. The van der Waals surface area contributed by atoms with Gasteiger partial charge in [-0.3, -0.25) is 9.59 Å². The molecule has 3 aromatic carbocycles. The summed E-state index contributed by atoms with van der Waals surface area (Å²) in [6, 6.07) is 20.4.